The van der Waals surface area contributed by atoms with Crippen LogP contribution in [-0.2, 0) is 9.53 Å². The molecule has 1 aromatic heterocycles. The molecule has 0 amide bonds. The van der Waals surface area contributed by atoms with Crippen molar-refractivity contribution in [3.63, 3.8) is 0 Å². The van der Waals surface area contributed by atoms with E-state index in [9.17, 15) is 14.9 Å². The smallest absolute Gasteiger partial charge is 0.343 e. The van der Waals surface area contributed by atoms with Crippen LogP contribution >= 0.6 is 11.3 Å². The molecule has 0 radical (unpaired) electrons. The third kappa shape index (κ3) is 2.92. The molecular weight excluding hydrogens is 340 g/mol. The van der Waals surface area contributed by atoms with E-state index in [4.69, 9.17) is 4.74 Å². The van der Waals surface area contributed by atoms with E-state index in [1.54, 1.807) is 24.3 Å². The van der Waals surface area contributed by atoms with Crippen molar-refractivity contribution in [2.75, 3.05) is 0 Å². The Labute approximate surface area is 145 Å². The lowest BCUT2D eigenvalue weighted by atomic mass is 10.1. The zero-order valence-corrected chi connectivity index (χ0v) is 13.5. The highest BCUT2D eigenvalue weighted by atomic mass is 32.1. The van der Waals surface area contributed by atoms with Crippen LogP contribution in [0.3, 0.4) is 0 Å². The molecule has 3 aromatic rings. The van der Waals surface area contributed by atoms with E-state index in [2.05, 4.69) is 4.98 Å². The molecule has 6 nitrogen and oxygen atoms in total. The molecule has 122 valence electrons. The first-order valence-corrected chi connectivity index (χ1v) is 8.18. The molecule has 25 heavy (non-hydrogen) atoms. The number of rotatable bonds is 3. The molecule has 7 heteroatoms. The predicted octanol–water partition coefficient (Wildman–Crippen LogP) is 4.19. The molecule has 0 N–H and O–H groups in total. The van der Waals surface area contributed by atoms with Crippen molar-refractivity contribution in [3.05, 3.63) is 80.9 Å². The van der Waals surface area contributed by atoms with Gasteiger partial charge in [0.15, 0.2) is 10.8 Å². The van der Waals surface area contributed by atoms with E-state index >= 15 is 0 Å². The third-order valence-electron chi connectivity index (χ3n) is 3.63. The van der Waals surface area contributed by atoms with Gasteiger partial charge in [0.25, 0.3) is 5.69 Å². The first-order valence-electron chi connectivity index (χ1n) is 7.36. The Morgan fingerprint density at radius 2 is 2.00 bits per heavy atom. The van der Waals surface area contributed by atoms with Crippen molar-refractivity contribution in [3.8, 4) is 0 Å². The Hall–Kier alpha value is -3.32. The van der Waals surface area contributed by atoms with Crippen LogP contribution in [0.1, 0.15) is 10.6 Å². The number of ether oxygens (including phenoxy) is 1. The summed E-state index contributed by atoms with van der Waals surface area (Å²) >= 11 is 1.44. The minimum Gasteiger partial charge on any atom is -0.420 e. The number of para-hydroxylation sites is 1. The first-order chi connectivity index (χ1) is 12.1. The number of esters is 1. The Morgan fingerprint density at radius 1 is 1.16 bits per heavy atom. The number of nitro benzene ring substituents is 1. The zero-order valence-electron chi connectivity index (χ0n) is 12.7. The molecule has 0 aliphatic carbocycles. The van der Waals surface area contributed by atoms with Crippen LogP contribution in [0.15, 0.2) is 60.2 Å². The fourth-order valence-electron chi connectivity index (χ4n) is 2.48. The topological polar surface area (TPSA) is 82.3 Å². The maximum absolute atomic E-state index is 12.1. The molecule has 0 unspecified atom stereocenters. The number of nitro groups is 1. The fraction of sp³-hybridized carbons (Fsp3) is 0. The van der Waals surface area contributed by atoms with Crippen LogP contribution in [-0.4, -0.2) is 15.9 Å². The van der Waals surface area contributed by atoms with E-state index in [-0.39, 0.29) is 5.69 Å². The van der Waals surface area contributed by atoms with Gasteiger partial charge in [-0.05, 0) is 29.8 Å². The average Bonchev–Trinajstić information content (AvgIpc) is 3.19. The van der Waals surface area contributed by atoms with Crippen molar-refractivity contribution >= 4 is 45.0 Å². The van der Waals surface area contributed by atoms with Crippen LogP contribution in [0.2, 0.25) is 0 Å². The quantitative estimate of drug-likeness (QED) is 0.306. The number of fused-ring (bicyclic) bond motifs is 1. The summed E-state index contributed by atoms with van der Waals surface area (Å²) in [6.07, 6.45) is 3.18. The standard InChI is InChI=1S/C18H10N2O4S/c21-18-12(8-11-4-3-5-13(9-11)20(22)23)10-15(24-18)17-19-14-6-1-2-7-16(14)25-17/h1-10H/b12-8+. The number of thiazole rings is 1. The number of hydrogen-bond acceptors (Lipinski definition) is 6. The number of nitrogens with zero attached hydrogens (tertiary/aromatic N) is 2. The minimum atomic E-state index is -0.499. The molecule has 2 heterocycles. The molecule has 2 aromatic carbocycles. The minimum absolute atomic E-state index is 0.0314. The van der Waals surface area contributed by atoms with Gasteiger partial charge < -0.3 is 4.74 Å². The first kappa shape index (κ1) is 15.2. The second kappa shape index (κ2) is 5.95. The summed E-state index contributed by atoms with van der Waals surface area (Å²) < 4.78 is 6.31. The Morgan fingerprint density at radius 3 is 2.80 bits per heavy atom. The van der Waals surface area contributed by atoms with Crippen molar-refractivity contribution < 1.29 is 14.5 Å². The molecule has 0 saturated heterocycles. The van der Waals surface area contributed by atoms with E-state index < -0.39 is 10.9 Å². The number of hydrogen-bond donors (Lipinski definition) is 0. The van der Waals surface area contributed by atoms with Crippen LogP contribution in [0.5, 0.6) is 0 Å². The highest BCUT2D eigenvalue weighted by Gasteiger charge is 2.24. The molecule has 0 bridgehead atoms. The summed E-state index contributed by atoms with van der Waals surface area (Å²) in [5, 5.41) is 11.5. The maximum Gasteiger partial charge on any atom is 0.343 e. The van der Waals surface area contributed by atoms with E-state index in [0.717, 1.165) is 10.2 Å². The molecule has 0 atom stereocenters. The maximum atomic E-state index is 12.1. The Balaban J connectivity index is 1.70. The number of aromatic nitrogens is 1. The average molecular weight is 350 g/mol. The van der Waals surface area contributed by atoms with Crippen molar-refractivity contribution in [1.29, 1.82) is 0 Å². The van der Waals surface area contributed by atoms with Gasteiger partial charge in [-0.1, -0.05) is 24.3 Å². The van der Waals surface area contributed by atoms with Crippen LogP contribution in [0, 0.1) is 10.1 Å². The molecule has 1 aliphatic heterocycles. The van der Waals surface area contributed by atoms with Gasteiger partial charge in [0, 0.05) is 12.1 Å². The SMILES string of the molecule is O=C1OC(c2nc3ccccc3s2)=C/C1=C\c1cccc([N+](=O)[O-])c1. The highest BCUT2D eigenvalue weighted by molar-refractivity contribution is 7.19. The summed E-state index contributed by atoms with van der Waals surface area (Å²) in [6, 6.07) is 13.7. The second-order valence-corrected chi connectivity index (χ2v) is 6.37. The summed E-state index contributed by atoms with van der Waals surface area (Å²) in [5.74, 6) is -0.108. The van der Waals surface area contributed by atoms with E-state index in [0.29, 0.717) is 21.9 Å². The van der Waals surface area contributed by atoms with Gasteiger partial charge in [-0.2, -0.15) is 0 Å². The van der Waals surface area contributed by atoms with Crippen LogP contribution in [0.25, 0.3) is 22.1 Å². The fourth-order valence-corrected chi connectivity index (χ4v) is 3.40. The molecular formula is C18H10N2O4S. The van der Waals surface area contributed by atoms with E-state index in [1.807, 2.05) is 24.3 Å². The van der Waals surface area contributed by atoms with Crippen molar-refractivity contribution in [2.24, 2.45) is 0 Å². The number of cyclic esters (lactones) is 1. The summed E-state index contributed by atoms with van der Waals surface area (Å²) in [6.45, 7) is 0. The monoisotopic (exact) mass is 350 g/mol. The second-order valence-electron chi connectivity index (χ2n) is 5.34. The lowest BCUT2D eigenvalue weighted by Gasteiger charge is -1.96. The van der Waals surface area contributed by atoms with Crippen molar-refractivity contribution in [1.82, 2.24) is 4.98 Å². The molecule has 1 aliphatic rings. The number of benzene rings is 2. The van der Waals surface area contributed by atoms with Gasteiger partial charge in [-0.25, -0.2) is 9.78 Å². The van der Waals surface area contributed by atoms with Gasteiger partial charge >= 0.3 is 5.97 Å². The summed E-state index contributed by atoms with van der Waals surface area (Å²) in [4.78, 5) is 26.9. The molecule has 0 fully saturated rings. The summed E-state index contributed by atoms with van der Waals surface area (Å²) in [5.41, 5.74) is 1.70. The van der Waals surface area contributed by atoms with Gasteiger partial charge in [0.1, 0.15) is 0 Å². The Bertz CT molecular complexity index is 1050. The molecule has 0 saturated carbocycles. The zero-order chi connectivity index (χ0) is 17.4. The van der Waals surface area contributed by atoms with Gasteiger partial charge in [0.2, 0.25) is 0 Å². The Kier molecular flexibility index (Phi) is 3.62. The number of carbonyl (C=O) groups is 1. The van der Waals surface area contributed by atoms with Gasteiger partial charge in [0.05, 0.1) is 20.7 Å². The van der Waals surface area contributed by atoms with Crippen LogP contribution in [0.4, 0.5) is 5.69 Å². The predicted molar refractivity (Wildman–Crippen MR) is 94.8 cm³/mol. The lowest BCUT2D eigenvalue weighted by Crippen LogP contribution is -1.97. The van der Waals surface area contributed by atoms with Crippen LogP contribution < -0.4 is 0 Å². The third-order valence-corrected chi connectivity index (χ3v) is 4.68. The van der Waals surface area contributed by atoms with E-state index in [1.165, 1.54) is 23.5 Å². The number of non-ortho nitro benzene ring substituents is 1. The van der Waals surface area contributed by atoms with Gasteiger partial charge in [-0.15, -0.1) is 11.3 Å². The molecule has 4 rings (SSSR count). The molecule has 0 spiro atoms. The highest BCUT2D eigenvalue weighted by Crippen LogP contribution is 2.32. The van der Waals surface area contributed by atoms with Gasteiger partial charge in [-0.3, -0.25) is 10.1 Å². The summed E-state index contributed by atoms with van der Waals surface area (Å²) in [7, 11) is 0. The van der Waals surface area contributed by atoms with Crippen molar-refractivity contribution in [2.45, 2.75) is 0 Å². The number of carbonyl (C=O) groups excluding carboxylic acids is 1. The normalized spacial score (nSPS) is 15.4. The largest absolute Gasteiger partial charge is 0.420 e. The lowest BCUT2D eigenvalue weighted by molar-refractivity contribution is -0.384.